The third-order valence-corrected chi connectivity index (χ3v) is 11.8. The van der Waals surface area contributed by atoms with Crippen LogP contribution < -0.4 is 0 Å². The summed E-state index contributed by atoms with van der Waals surface area (Å²) in [6.07, 6.45) is 0. The van der Waals surface area contributed by atoms with Crippen LogP contribution in [0, 0.1) is 0 Å². The van der Waals surface area contributed by atoms with Crippen molar-refractivity contribution < 1.29 is 4.42 Å². The van der Waals surface area contributed by atoms with E-state index in [0.717, 1.165) is 66.6 Å². The van der Waals surface area contributed by atoms with Crippen molar-refractivity contribution in [2.45, 2.75) is 0 Å². The fourth-order valence-electron chi connectivity index (χ4n) is 8.78. The second-order valence-corrected chi connectivity index (χ2v) is 15.6. The van der Waals surface area contributed by atoms with Crippen molar-refractivity contribution in [3.63, 3.8) is 0 Å². The summed E-state index contributed by atoms with van der Waals surface area (Å²) < 4.78 is 8.93. The minimum absolute atomic E-state index is 0.584. The number of fused-ring (bicyclic) bond motifs is 6. The molecule has 0 amide bonds. The Morgan fingerprint density at radius 1 is 0.274 bits per heavy atom. The molecular weight excluding hydrogens is 757 g/mol. The summed E-state index contributed by atoms with van der Waals surface area (Å²) in [4.78, 5) is 15.1. The number of rotatable bonds is 7. The average Bonchev–Trinajstić information content (AvgIpc) is 3.89. The maximum absolute atomic E-state index is 6.56. The monoisotopic (exact) mass is 792 g/mol. The van der Waals surface area contributed by atoms with Gasteiger partial charge in [-0.25, -0.2) is 15.0 Å². The molecule has 62 heavy (non-hydrogen) atoms. The molecule has 0 atom stereocenters. The van der Waals surface area contributed by atoms with Gasteiger partial charge >= 0.3 is 0 Å². The summed E-state index contributed by atoms with van der Waals surface area (Å²) in [6, 6.07) is 76.5. The first-order chi connectivity index (χ1) is 30.7. The van der Waals surface area contributed by atoms with Gasteiger partial charge in [-0.15, -0.1) is 0 Å². The van der Waals surface area contributed by atoms with E-state index in [1.807, 2.05) is 36.4 Å². The van der Waals surface area contributed by atoms with Crippen molar-refractivity contribution in [1.82, 2.24) is 19.5 Å². The summed E-state index contributed by atoms with van der Waals surface area (Å²) >= 11 is 0. The predicted octanol–water partition coefficient (Wildman–Crippen LogP) is 14.9. The van der Waals surface area contributed by atoms with Gasteiger partial charge in [0.05, 0.1) is 11.0 Å². The van der Waals surface area contributed by atoms with E-state index in [9.17, 15) is 0 Å². The molecule has 5 heteroatoms. The lowest BCUT2D eigenvalue weighted by Gasteiger charge is -2.09. The summed E-state index contributed by atoms with van der Waals surface area (Å²) in [5.41, 5.74) is 14.7. The largest absolute Gasteiger partial charge is 0.456 e. The van der Waals surface area contributed by atoms with Crippen LogP contribution in [-0.2, 0) is 0 Å². The van der Waals surface area contributed by atoms with Crippen LogP contribution in [0.25, 0.3) is 117 Å². The van der Waals surface area contributed by atoms with E-state index in [1.54, 1.807) is 0 Å². The van der Waals surface area contributed by atoms with Crippen LogP contribution in [0.1, 0.15) is 0 Å². The smallest absolute Gasteiger partial charge is 0.164 e. The van der Waals surface area contributed by atoms with Crippen LogP contribution in [0.15, 0.2) is 223 Å². The molecular formula is C57H36N4O. The maximum atomic E-state index is 6.56. The number of benzene rings is 9. The minimum atomic E-state index is 0.584. The van der Waals surface area contributed by atoms with Gasteiger partial charge in [0.2, 0.25) is 0 Å². The highest BCUT2D eigenvalue weighted by Gasteiger charge is 2.18. The number of hydrogen-bond donors (Lipinski definition) is 0. The zero-order chi connectivity index (χ0) is 41.0. The molecule has 0 saturated carbocycles. The molecule has 0 aliphatic carbocycles. The standard InChI is InChI=1S/C57H36N4O/c1-5-14-37(15-6-1)40-20-13-21-44(32-40)56-58-55(39-18-9-3-10-19-39)59-57(60-56)45-24-28-47-50-35-43(27-31-53(50)62-54(47)36-45)42-26-30-52-49(34-42)48-33-41(38-16-7-2-8-17-38)25-29-51(48)61(52)46-22-11-4-12-23-46/h1-36H. The molecule has 0 bridgehead atoms. The Kier molecular flexibility index (Phi) is 8.42. The summed E-state index contributed by atoms with van der Waals surface area (Å²) in [7, 11) is 0. The molecule has 0 saturated heterocycles. The zero-order valence-corrected chi connectivity index (χ0v) is 33.5. The third-order valence-electron chi connectivity index (χ3n) is 11.8. The zero-order valence-electron chi connectivity index (χ0n) is 33.5. The molecule has 12 rings (SSSR count). The normalized spacial score (nSPS) is 11.5. The van der Waals surface area contributed by atoms with Crippen LogP contribution in [-0.4, -0.2) is 19.5 Å². The van der Waals surface area contributed by atoms with E-state index >= 15 is 0 Å². The van der Waals surface area contributed by atoms with Gasteiger partial charge in [0.25, 0.3) is 0 Å². The van der Waals surface area contributed by atoms with E-state index in [-0.39, 0.29) is 0 Å². The molecule has 3 heterocycles. The lowest BCUT2D eigenvalue weighted by Crippen LogP contribution is -2.00. The first-order valence-corrected chi connectivity index (χ1v) is 20.8. The molecule has 0 aliphatic heterocycles. The van der Waals surface area contributed by atoms with Gasteiger partial charge in [0, 0.05) is 43.9 Å². The predicted molar refractivity (Wildman–Crippen MR) is 254 cm³/mol. The number of hydrogen-bond acceptors (Lipinski definition) is 4. The summed E-state index contributed by atoms with van der Waals surface area (Å²) in [5, 5.41) is 4.52. The average molecular weight is 793 g/mol. The molecule has 0 unspecified atom stereocenters. The number of furan rings is 1. The second kappa shape index (κ2) is 14.7. The highest BCUT2D eigenvalue weighted by molar-refractivity contribution is 6.12. The summed E-state index contributed by atoms with van der Waals surface area (Å²) in [6.45, 7) is 0. The summed E-state index contributed by atoms with van der Waals surface area (Å²) in [5.74, 6) is 1.81. The Balaban J connectivity index is 0.956. The van der Waals surface area contributed by atoms with Gasteiger partial charge in [-0.2, -0.15) is 0 Å². The van der Waals surface area contributed by atoms with Crippen LogP contribution >= 0.6 is 0 Å². The molecule has 12 aromatic rings. The van der Waals surface area contributed by atoms with Crippen molar-refractivity contribution >= 4 is 43.7 Å². The van der Waals surface area contributed by atoms with Crippen molar-refractivity contribution in [3.05, 3.63) is 218 Å². The van der Waals surface area contributed by atoms with E-state index in [0.29, 0.717) is 17.5 Å². The van der Waals surface area contributed by atoms with E-state index in [1.165, 1.54) is 32.9 Å². The van der Waals surface area contributed by atoms with E-state index in [2.05, 4.69) is 187 Å². The Morgan fingerprint density at radius 3 is 1.32 bits per heavy atom. The van der Waals surface area contributed by atoms with E-state index in [4.69, 9.17) is 19.4 Å². The van der Waals surface area contributed by atoms with Gasteiger partial charge < -0.3 is 8.98 Å². The lowest BCUT2D eigenvalue weighted by molar-refractivity contribution is 0.669. The van der Waals surface area contributed by atoms with Crippen LogP contribution in [0.4, 0.5) is 0 Å². The first kappa shape index (κ1) is 35.5. The molecule has 9 aromatic carbocycles. The first-order valence-electron chi connectivity index (χ1n) is 20.8. The van der Waals surface area contributed by atoms with Gasteiger partial charge in [-0.3, -0.25) is 0 Å². The third kappa shape index (κ3) is 6.23. The molecule has 3 aromatic heterocycles. The fourth-order valence-corrected chi connectivity index (χ4v) is 8.78. The SMILES string of the molecule is c1ccc(-c2cccc(-c3nc(-c4ccccc4)nc(-c4ccc5c(c4)oc4ccc(-c6ccc7c(c6)c6cc(-c8ccccc8)ccc6n7-c6ccccc6)cc45)n3)c2)cc1. The number of para-hydroxylation sites is 1. The van der Waals surface area contributed by atoms with Gasteiger partial charge in [0.1, 0.15) is 11.2 Å². The van der Waals surface area contributed by atoms with Crippen LogP contribution in [0.5, 0.6) is 0 Å². The molecule has 0 fully saturated rings. The second-order valence-electron chi connectivity index (χ2n) is 15.6. The van der Waals surface area contributed by atoms with Gasteiger partial charge in [-0.1, -0.05) is 152 Å². The highest BCUT2D eigenvalue weighted by Crippen LogP contribution is 2.39. The van der Waals surface area contributed by atoms with Gasteiger partial charge in [0.15, 0.2) is 17.5 Å². The molecule has 290 valence electrons. The van der Waals surface area contributed by atoms with E-state index < -0.39 is 0 Å². The van der Waals surface area contributed by atoms with Crippen molar-refractivity contribution in [2.24, 2.45) is 0 Å². The Hall–Kier alpha value is -8.41. The molecule has 0 radical (unpaired) electrons. The Bertz CT molecular complexity index is 3610. The quantitative estimate of drug-likeness (QED) is 0.161. The Morgan fingerprint density at radius 2 is 0.710 bits per heavy atom. The molecule has 0 spiro atoms. The highest BCUT2D eigenvalue weighted by atomic mass is 16.3. The van der Waals surface area contributed by atoms with Gasteiger partial charge in [-0.05, 0) is 100 Å². The van der Waals surface area contributed by atoms with Crippen LogP contribution in [0.2, 0.25) is 0 Å². The van der Waals surface area contributed by atoms with Crippen LogP contribution in [0.3, 0.4) is 0 Å². The van der Waals surface area contributed by atoms with Crippen molar-refractivity contribution in [2.75, 3.05) is 0 Å². The maximum Gasteiger partial charge on any atom is 0.164 e. The Labute approximate surface area is 357 Å². The molecule has 0 N–H and O–H groups in total. The number of nitrogens with zero attached hydrogens (tertiary/aromatic N) is 4. The molecule has 0 aliphatic rings. The van der Waals surface area contributed by atoms with Crippen molar-refractivity contribution in [3.8, 4) is 73.2 Å². The topological polar surface area (TPSA) is 56.7 Å². The fraction of sp³-hybridized carbons (Fsp3) is 0. The minimum Gasteiger partial charge on any atom is -0.456 e. The van der Waals surface area contributed by atoms with Crippen molar-refractivity contribution in [1.29, 1.82) is 0 Å². The number of aromatic nitrogens is 4. The molecule has 5 nitrogen and oxygen atoms in total. The lowest BCUT2D eigenvalue weighted by atomic mass is 9.99.